The molecule has 0 bridgehead atoms. The predicted molar refractivity (Wildman–Crippen MR) is 70.6 cm³/mol. The Labute approximate surface area is 120 Å². The summed E-state index contributed by atoms with van der Waals surface area (Å²) >= 11 is 0. The number of aliphatic hydroxyl groups is 1. The van der Waals surface area contributed by atoms with Gasteiger partial charge in [0.15, 0.2) is 5.82 Å². The number of aliphatic hydroxyl groups excluding tert-OH is 1. The molecular formula is C14H16F3N3O. The van der Waals surface area contributed by atoms with E-state index in [2.05, 4.69) is 10.2 Å². The van der Waals surface area contributed by atoms with Crippen molar-refractivity contribution in [3.05, 3.63) is 47.0 Å². The molecule has 0 radical (unpaired) electrons. The van der Waals surface area contributed by atoms with E-state index in [-0.39, 0.29) is 12.6 Å². The second-order valence-corrected chi connectivity index (χ2v) is 5.03. The second-order valence-electron chi connectivity index (χ2n) is 5.03. The molecular weight excluding hydrogens is 283 g/mol. The van der Waals surface area contributed by atoms with Crippen molar-refractivity contribution in [2.45, 2.75) is 39.1 Å². The van der Waals surface area contributed by atoms with Crippen LogP contribution in [0.1, 0.15) is 42.7 Å². The van der Waals surface area contributed by atoms with Crippen LogP contribution in [-0.4, -0.2) is 19.9 Å². The number of halogens is 3. The molecule has 0 aliphatic carbocycles. The maximum absolute atomic E-state index is 12.5. The molecule has 0 unspecified atom stereocenters. The Morgan fingerprint density at radius 3 is 2.14 bits per heavy atom. The van der Waals surface area contributed by atoms with Crippen molar-refractivity contribution in [1.29, 1.82) is 0 Å². The van der Waals surface area contributed by atoms with Crippen molar-refractivity contribution in [1.82, 2.24) is 14.8 Å². The molecule has 0 fully saturated rings. The quantitative estimate of drug-likeness (QED) is 0.944. The molecule has 21 heavy (non-hydrogen) atoms. The van der Waals surface area contributed by atoms with E-state index in [0.717, 1.165) is 12.1 Å². The van der Waals surface area contributed by atoms with E-state index in [0.29, 0.717) is 23.6 Å². The maximum atomic E-state index is 12.5. The Morgan fingerprint density at radius 2 is 1.67 bits per heavy atom. The van der Waals surface area contributed by atoms with Crippen molar-refractivity contribution in [3.63, 3.8) is 0 Å². The summed E-state index contributed by atoms with van der Waals surface area (Å²) in [6, 6.07) is 5.03. The standard InChI is InChI=1S/C14H16F3N3O/c1-9(2)20-12(18-19-13(20)8-21)7-10-3-5-11(6-4-10)14(15,16)17/h3-6,9,21H,7-8H2,1-2H3. The molecule has 0 saturated heterocycles. The molecule has 4 nitrogen and oxygen atoms in total. The minimum absolute atomic E-state index is 0.0617. The van der Waals surface area contributed by atoms with Crippen LogP contribution in [0, 0.1) is 0 Å². The topological polar surface area (TPSA) is 50.9 Å². The lowest BCUT2D eigenvalue weighted by Crippen LogP contribution is -2.11. The molecule has 1 aromatic heterocycles. The van der Waals surface area contributed by atoms with Crippen LogP contribution in [0.4, 0.5) is 13.2 Å². The van der Waals surface area contributed by atoms with E-state index >= 15 is 0 Å². The SMILES string of the molecule is CC(C)n1c(CO)nnc1Cc1ccc(C(F)(F)F)cc1. The molecule has 1 aromatic carbocycles. The van der Waals surface area contributed by atoms with Crippen LogP contribution in [0.25, 0.3) is 0 Å². The highest BCUT2D eigenvalue weighted by atomic mass is 19.4. The highest BCUT2D eigenvalue weighted by molar-refractivity contribution is 5.26. The van der Waals surface area contributed by atoms with Gasteiger partial charge in [-0.05, 0) is 31.5 Å². The van der Waals surface area contributed by atoms with Crippen molar-refractivity contribution < 1.29 is 18.3 Å². The lowest BCUT2D eigenvalue weighted by molar-refractivity contribution is -0.137. The highest BCUT2D eigenvalue weighted by Crippen LogP contribution is 2.29. The van der Waals surface area contributed by atoms with Gasteiger partial charge in [-0.25, -0.2) is 0 Å². The summed E-state index contributed by atoms with van der Waals surface area (Å²) in [6.45, 7) is 3.63. The number of alkyl halides is 3. The Balaban J connectivity index is 2.25. The first-order valence-electron chi connectivity index (χ1n) is 6.52. The van der Waals surface area contributed by atoms with E-state index in [1.807, 2.05) is 13.8 Å². The van der Waals surface area contributed by atoms with Gasteiger partial charge in [-0.2, -0.15) is 13.2 Å². The van der Waals surface area contributed by atoms with Gasteiger partial charge in [0.1, 0.15) is 12.4 Å². The average molecular weight is 299 g/mol. The molecule has 0 aliphatic heterocycles. The summed E-state index contributed by atoms with van der Waals surface area (Å²) in [6.07, 6.45) is -3.97. The van der Waals surface area contributed by atoms with Crippen molar-refractivity contribution >= 4 is 0 Å². The fourth-order valence-electron chi connectivity index (χ4n) is 2.18. The number of hydrogen-bond acceptors (Lipinski definition) is 3. The number of nitrogens with zero attached hydrogens (tertiary/aromatic N) is 3. The predicted octanol–water partition coefficient (Wildman–Crippen LogP) is 2.96. The minimum atomic E-state index is -4.33. The summed E-state index contributed by atoms with van der Waals surface area (Å²) in [5.41, 5.74) is 0.0365. The van der Waals surface area contributed by atoms with Crippen LogP contribution >= 0.6 is 0 Å². The zero-order valence-electron chi connectivity index (χ0n) is 11.7. The second kappa shape index (κ2) is 5.85. The molecule has 0 atom stereocenters. The van der Waals surface area contributed by atoms with Crippen molar-refractivity contribution in [2.24, 2.45) is 0 Å². The Bertz CT molecular complexity index is 603. The molecule has 0 spiro atoms. The van der Waals surface area contributed by atoms with E-state index in [4.69, 9.17) is 0 Å². The molecule has 0 amide bonds. The van der Waals surface area contributed by atoms with Gasteiger partial charge in [-0.3, -0.25) is 0 Å². The molecule has 0 saturated carbocycles. The summed E-state index contributed by atoms with van der Waals surface area (Å²) in [5, 5.41) is 17.1. The van der Waals surface area contributed by atoms with Crippen LogP contribution < -0.4 is 0 Å². The van der Waals surface area contributed by atoms with Gasteiger partial charge < -0.3 is 9.67 Å². The third-order valence-electron chi connectivity index (χ3n) is 3.14. The average Bonchev–Trinajstić information content (AvgIpc) is 2.81. The molecule has 2 aromatic rings. The summed E-state index contributed by atoms with van der Waals surface area (Å²) < 4.78 is 39.3. The zero-order chi connectivity index (χ0) is 15.6. The Kier molecular flexibility index (Phi) is 4.32. The first-order valence-corrected chi connectivity index (χ1v) is 6.52. The van der Waals surface area contributed by atoms with Crippen molar-refractivity contribution in [2.75, 3.05) is 0 Å². The zero-order valence-corrected chi connectivity index (χ0v) is 11.7. The molecule has 2 rings (SSSR count). The molecule has 1 N–H and O–H groups in total. The summed E-state index contributed by atoms with van der Waals surface area (Å²) in [5.74, 6) is 1.07. The fourth-order valence-corrected chi connectivity index (χ4v) is 2.18. The normalized spacial score (nSPS) is 12.1. The van der Waals surface area contributed by atoms with Gasteiger partial charge in [0.25, 0.3) is 0 Å². The Morgan fingerprint density at radius 1 is 1.10 bits per heavy atom. The third-order valence-corrected chi connectivity index (χ3v) is 3.14. The number of aromatic nitrogens is 3. The lowest BCUT2D eigenvalue weighted by Gasteiger charge is -2.13. The Hall–Kier alpha value is -1.89. The van der Waals surface area contributed by atoms with Gasteiger partial charge in [0.2, 0.25) is 0 Å². The highest BCUT2D eigenvalue weighted by Gasteiger charge is 2.30. The van der Waals surface area contributed by atoms with Gasteiger partial charge >= 0.3 is 6.18 Å². The monoisotopic (exact) mass is 299 g/mol. The third kappa shape index (κ3) is 3.41. The molecule has 7 heteroatoms. The van der Waals surface area contributed by atoms with Gasteiger partial charge in [-0.1, -0.05) is 12.1 Å². The maximum Gasteiger partial charge on any atom is 0.416 e. The van der Waals surface area contributed by atoms with E-state index in [1.54, 1.807) is 4.57 Å². The number of hydrogen-bond donors (Lipinski definition) is 1. The number of benzene rings is 1. The van der Waals surface area contributed by atoms with Gasteiger partial charge in [0.05, 0.1) is 5.56 Å². The first-order chi connectivity index (χ1) is 9.82. The minimum Gasteiger partial charge on any atom is -0.388 e. The molecule has 0 aliphatic rings. The van der Waals surface area contributed by atoms with Crippen LogP contribution in [0.5, 0.6) is 0 Å². The number of rotatable bonds is 4. The van der Waals surface area contributed by atoms with E-state index in [9.17, 15) is 18.3 Å². The van der Waals surface area contributed by atoms with E-state index in [1.165, 1.54) is 12.1 Å². The fraction of sp³-hybridized carbons (Fsp3) is 0.429. The van der Waals surface area contributed by atoms with Crippen LogP contribution in [-0.2, 0) is 19.2 Å². The lowest BCUT2D eigenvalue weighted by atomic mass is 10.1. The smallest absolute Gasteiger partial charge is 0.388 e. The molecule has 1 heterocycles. The van der Waals surface area contributed by atoms with Crippen LogP contribution in [0.3, 0.4) is 0 Å². The first kappa shape index (κ1) is 15.5. The van der Waals surface area contributed by atoms with Crippen LogP contribution in [0.2, 0.25) is 0 Å². The van der Waals surface area contributed by atoms with Gasteiger partial charge in [0, 0.05) is 12.5 Å². The molecule has 114 valence electrons. The van der Waals surface area contributed by atoms with Gasteiger partial charge in [-0.15, -0.1) is 10.2 Å². The van der Waals surface area contributed by atoms with Crippen LogP contribution in [0.15, 0.2) is 24.3 Å². The largest absolute Gasteiger partial charge is 0.416 e. The summed E-state index contributed by atoms with van der Waals surface area (Å²) in [4.78, 5) is 0. The van der Waals surface area contributed by atoms with E-state index < -0.39 is 11.7 Å². The summed E-state index contributed by atoms with van der Waals surface area (Å²) in [7, 11) is 0. The van der Waals surface area contributed by atoms with Crippen molar-refractivity contribution in [3.8, 4) is 0 Å².